The second kappa shape index (κ2) is 5.84. The van der Waals surface area contributed by atoms with E-state index in [4.69, 9.17) is 0 Å². The van der Waals surface area contributed by atoms with Crippen LogP contribution in [0.25, 0.3) is 0 Å². The number of hydrogen-bond donors (Lipinski definition) is 1. The van der Waals surface area contributed by atoms with Crippen LogP contribution in [0.15, 0.2) is 53.1 Å². The third-order valence-electron chi connectivity index (χ3n) is 2.75. The standard InChI is InChI=1S/C14H13BrN2O2/c1-10(11-5-4-6-12(15)9-11)16-14(18)13-7-2-3-8-17(13)19/h2-10H,1H3,(H,16,18)/t10-/m0/s1. The summed E-state index contributed by atoms with van der Waals surface area (Å²) in [7, 11) is 0. The number of rotatable bonds is 3. The molecule has 1 N–H and O–H groups in total. The number of benzene rings is 1. The van der Waals surface area contributed by atoms with E-state index < -0.39 is 0 Å². The van der Waals surface area contributed by atoms with E-state index in [1.54, 1.807) is 12.1 Å². The van der Waals surface area contributed by atoms with Crippen molar-refractivity contribution in [2.45, 2.75) is 13.0 Å². The molecule has 0 saturated heterocycles. The summed E-state index contributed by atoms with van der Waals surface area (Å²) in [5, 5.41) is 14.3. The highest BCUT2D eigenvalue weighted by Gasteiger charge is 2.17. The van der Waals surface area contributed by atoms with Crippen molar-refractivity contribution in [3.8, 4) is 0 Å². The lowest BCUT2D eigenvalue weighted by atomic mass is 10.1. The van der Waals surface area contributed by atoms with E-state index in [0.717, 1.165) is 10.0 Å². The van der Waals surface area contributed by atoms with E-state index in [2.05, 4.69) is 21.2 Å². The van der Waals surface area contributed by atoms with Crippen molar-refractivity contribution in [2.24, 2.45) is 0 Å². The van der Waals surface area contributed by atoms with Crippen LogP contribution in [-0.4, -0.2) is 5.91 Å². The molecule has 5 heteroatoms. The van der Waals surface area contributed by atoms with Gasteiger partial charge in [0.15, 0.2) is 6.20 Å². The molecule has 1 aromatic heterocycles. The Morgan fingerprint density at radius 3 is 2.79 bits per heavy atom. The molecule has 0 spiro atoms. The average molecular weight is 321 g/mol. The lowest BCUT2D eigenvalue weighted by molar-refractivity contribution is -0.607. The molecular formula is C14H13BrN2O2. The van der Waals surface area contributed by atoms with Crippen LogP contribution in [-0.2, 0) is 0 Å². The van der Waals surface area contributed by atoms with Crippen LogP contribution in [0, 0.1) is 5.21 Å². The van der Waals surface area contributed by atoms with Crippen molar-refractivity contribution in [3.05, 3.63) is 69.6 Å². The summed E-state index contributed by atoms with van der Waals surface area (Å²) in [6.45, 7) is 1.87. The highest BCUT2D eigenvalue weighted by Crippen LogP contribution is 2.17. The van der Waals surface area contributed by atoms with E-state index in [1.807, 2.05) is 31.2 Å². The molecule has 0 bridgehead atoms. The first-order chi connectivity index (χ1) is 9.08. The molecule has 1 heterocycles. The van der Waals surface area contributed by atoms with E-state index in [0.29, 0.717) is 4.73 Å². The fourth-order valence-corrected chi connectivity index (χ4v) is 2.15. The third kappa shape index (κ3) is 3.32. The van der Waals surface area contributed by atoms with E-state index in [1.165, 1.54) is 12.3 Å². The molecule has 0 aliphatic rings. The van der Waals surface area contributed by atoms with Gasteiger partial charge in [-0.2, -0.15) is 4.73 Å². The molecule has 1 amide bonds. The minimum absolute atomic E-state index is 0.0874. The smallest absolute Gasteiger partial charge is 0.317 e. The summed E-state index contributed by atoms with van der Waals surface area (Å²) in [4.78, 5) is 12.0. The van der Waals surface area contributed by atoms with Crippen molar-refractivity contribution in [3.63, 3.8) is 0 Å². The Morgan fingerprint density at radius 2 is 2.11 bits per heavy atom. The van der Waals surface area contributed by atoms with Crippen LogP contribution in [0.2, 0.25) is 0 Å². The van der Waals surface area contributed by atoms with Crippen LogP contribution in [0.4, 0.5) is 0 Å². The van der Waals surface area contributed by atoms with Crippen molar-refractivity contribution in [1.29, 1.82) is 0 Å². The zero-order valence-corrected chi connectivity index (χ0v) is 11.9. The van der Waals surface area contributed by atoms with Gasteiger partial charge in [0.2, 0.25) is 0 Å². The lowest BCUT2D eigenvalue weighted by Gasteiger charge is -2.14. The van der Waals surface area contributed by atoms with Gasteiger partial charge in [0, 0.05) is 16.6 Å². The number of nitrogens with one attached hydrogen (secondary N) is 1. The molecule has 1 atom stereocenters. The highest BCUT2D eigenvalue weighted by molar-refractivity contribution is 9.10. The van der Waals surface area contributed by atoms with Gasteiger partial charge in [0.25, 0.3) is 5.69 Å². The first-order valence-electron chi connectivity index (χ1n) is 5.82. The van der Waals surface area contributed by atoms with E-state index in [9.17, 15) is 10.0 Å². The normalized spacial score (nSPS) is 11.9. The molecule has 0 fully saturated rings. The Kier molecular flexibility index (Phi) is 4.16. The van der Waals surface area contributed by atoms with Gasteiger partial charge < -0.3 is 10.5 Å². The molecule has 0 radical (unpaired) electrons. The van der Waals surface area contributed by atoms with Gasteiger partial charge in [-0.15, -0.1) is 0 Å². The van der Waals surface area contributed by atoms with Crippen molar-refractivity contribution < 1.29 is 9.52 Å². The largest absolute Gasteiger partial charge is 0.618 e. The summed E-state index contributed by atoms with van der Waals surface area (Å²) in [6, 6.07) is 12.2. The minimum atomic E-state index is -0.386. The molecule has 19 heavy (non-hydrogen) atoms. The maximum atomic E-state index is 12.0. The Balaban J connectivity index is 2.13. The summed E-state index contributed by atoms with van der Waals surface area (Å²) >= 11 is 3.39. The Hall–Kier alpha value is -1.88. The van der Waals surface area contributed by atoms with Gasteiger partial charge in [-0.1, -0.05) is 28.1 Å². The summed E-state index contributed by atoms with van der Waals surface area (Å²) < 4.78 is 1.51. The molecule has 4 nitrogen and oxygen atoms in total. The highest BCUT2D eigenvalue weighted by atomic mass is 79.9. The molecular weight excluding hydrogens is 308 g/mol. The zero-order chi connectivity index (χ0) is 13.8. The van der Waals surface area contributed by atoms with Crippen LogP contribution >= 0.6 is 15.9 Å². The molecule has 0 unspecified atom stereocenters. The first kappa shape index (κ1) is 13.5. The monoisotopic (exact) mass is 320 g/mol. The number of hydrogen-bond acceptors (Lipinski definition) is 2. The fraction of sp³-hybridized carbons (Fsp3) is 0.143. The zero-order valence-electron chi connectivity index (χ0n) is 10.3. The number of carbonyl (C=O) groups is 1. The molecule has 1 aromatic carbocycles. The predicted molar refractivity (Wildman–Crippen MR) is 75.4 cm³/mol. The summed E-state index contributed by atoms with van der Waals surface area (Å²) in [5.74, 6) is -0.386. The second-order valence-corrected chi connectivity index (χ2v) is 5.08. The van der Waals surface area contributed by atoms with Crippen molar-refractivity contribution >= 4 is 21.8 Å². The van der Waals surface area contributed by atoms with E-state index in [-0.39, 0.29) is 17.6 Å². The first-order valence-corrected chi connectivity index (χ1v) is 6.62. The quantitative estimate of drug-likeness (QED) is 0.698. The topological polar surface area (TPSA) is 56.0 Å². The van der Waals surface area contributed by atoms with Gasteiger partial charge in [0.05, 0.1) is 6.04 Å². The molecule has 0 saturated carbocycles. The maximum absolute atomic E-state index is 12.0. The summed E-state index contributed by atoms with van der Waals surface area (Å²) in [6.07, 6.45) is 1.30. The van der Waals surface area contributed by atoms with Gasteiger partial charge in [0.1, 0.15) is 0 Å². The van der Waals surface area contributed by atoms with Gasteiger partial charge in [-0.05, 0) is 30.7 Å². The number of halogens is 1. The van der Waals surface area contributed by atoms with Crippen LogP contribution in [0.1, 0.15) is 29.0 Å². The Bertz CT molecular complexity index is 602. The molecule has 2 rings (SSSR count). The number of aromatic nitrogens is 1. The van der Waals surface area contributed by atoms with Gasteiger partial charge in [-0.3, -0.25) is 4.79 Å². The number of nitrogens with zero attached hydrogens (tertiary/aromatic N) is 1. The number of carbonyl (C=O) groups excluding carboxylic acids is 1. The average Bonchev–Trinajstić information content (AvgIpc) is 2.39. The Morgan fingerprint density at radius 1 is 1.32 bits per heavy atom. The molecule has 2 aromatic rings. The van der Waals surface area contributed by atoms with Crippen LogP contribution in [0.5, 0.6) is 0 Å². The lowest BCUT2D eigenvalue weighted by Crippen LogP contribution is -2.39. The predicted octanol–water partition coefficient (Wildman–Crippen LogP) is 2.57. The minimum Gasteiger partial charge on any atom is -0.618 e. The number of amides is 1. The van der Waals surface area contributed by atoms with E-state index >= 15 is 0 Å². The van der Waals surface area contributed by atoms with Crippen molar-refractivity contribution in [1.82, 2.24) is 5.32 Å². The van der Waals surface area contributed by atoms with Gasteiger partial charge >= 0.3 is 5.91 Å². The number of pyridine rings is 1. The van der Waals surface area contributed by atoms with Crippen LogP contribution in [0.3, 0.4) is 0 Å². The molecule has 0 aliphatic carbocycles. The van der Waals surface area contributed by atoms with Gasteiger partial charge in [-0.25, -0.2) is 0 Å². The third-order valence-corrected chi connectivity index (χ3v) is 3.25. The maximum Gasteiger partial charge on any atom is 0.317 e. The SMILES string of the molecule is C[C@H](NC(=O)c1cccc[n+]1[O-])c1cccc(Br)c1. The summed E-state index contributed by atoms with van der Waals surface area (Å²) in [5.41, 5.74) is 1.06. The fourth-order valence-electron chi connectivity index (χ4n) is 1.73. The molecule has 98 valence electrons. The molecule has 0 aliphatic heterocycles. The Labute approximate surface area is 119 Å². The van der Waals surface area contributed by atoms with Crippen molar-refractivity contribution in [2.75, 3.05) is 0 Å². The second-order valence-electron chi connectivity index (χ2n) is 4.16. The van der Waals surface area contributed by atoms with Crippen LogP contribution < -0.4 is 10.0 Å².